The van der Waals surface area contributed by atoms with Gasteiger partial charge in [-0.3, -0.25) is 14.3 Å². The van der Waals surface area contributed by atoms with Gasteiger partial charge in [-0.1, -0.05) is 12.1 Å². The maximum Gasteiger partial charge on any atom is 0.261 e. The number of hydrogen-bond acceptors (Lipinski definition) is 5. The zero-order valence-electron chi connectivity index (χ0n) is 14.2. The molecule has 3 N–H and O–H groups in total. The molecule has 9 heteroatoms. The Balaban J connectivity index is 1.58. The molecule has 0 saturated carbocycles. The third-order valence-corrected chi connectivity index (χ3v) is 5.70. The fraction of sp³-hybridized carbons (Fsp3) is 0.294. The molecule has 2 amide bonds. The molecule has 3 rings (SSSR count). The maximum atomic E-state index is 12.2. The Morgan fingerprint density at radius 2 is 1.88 bits per heavy atom. The third-order valence-electron chi connectivity index (χ3n) is 3.88. The molecule has 0 unspecified atom stereocenters. The van der Waals surface area contributed by atoms with Crippen molar-refractivity contribution < 1.29 is 18.0 Å². The van der Waals surface area contributed by atoms with E-state index in [2.05, 4.69) is 15.4 Å². The van der Waals surface area contributed by atoms with E-state index >= 15 is 0 Å². The van der Waals surface area contributed by atoms with Crippen molar-refractivity contribution in [2.75, 3.05) is 22.8 Å². The van der Waals surface area contributed by atoms with E-state index < -0.39 is 15.9 Å². The number of fused-ring (bicyclic) bond motifs is 1. The minimum Gasteiger partial charge on any atom is -0.342 e. The Morgan fingerprint density at radius 3 is 2.58 bits per heavy atom. The Hall–Kier alpha value is -2.39. The molecule has 1 aliphatic carbocycles. The fourth-order valence-electron chi connectivity index (χ4n) is 2.76. The number of rotatable bonds is 6. The van der Waals surface area contributed by atoms with Gasteiger partial charge in [-0.25, -0.2) is 8.42 Å². The Labute approximate surface area is 155 Å². The molecule has 0 saturated heterocycles. The smallest absolute Gasteiger partial charge is 0.261 e. The van der Waals surface area contributed by atoms with E-state index in [9.17, 15) is 18.0 Å². The van der Waals surface area contributed by atoms with Gasteiger partial charge in [-0.2, -0.15) is 0 Å². The van der Waals surface area contributed by atoms with Crippen LogP contribution < -0.4 is 15.4 Å². The topological polar surface area (TPSA) is 104 Å². The summed E-state index contributed by atoms with van der Waals surface area (Å²) in [6, 6.07) is 8.35. The molecular formula is C17H19N3O4S2. The summed E-state index contributed by atoms with van der Waals surface area (Å²) in [5.74, 6) is -0.715. The van der Waals surface area contributed by atoms with E-state index in [0.717, 1.165) is 25.5 Å². The summed E-state index contributed by atoms with van der Waals surface area (Å²) in [4.78, 5) is 26.2. The van der Waals surface area contributed by atoms with Gasteiger partial charge >= 0.3 is 0 Å². The number of sulfonamides is 1. The van der Waals surface area contributed by atoms with Crippen molar-refractivity contribution in [3.05, 3.63) is 45.6 Å². The Kier molecular flexibility index (Phi) is 5.28. The third kappa shape index (κ3) is 4.61. The van der Waals surface area contributed by atoms with Crippen LogP contribution in [0, 0.1) is 0 Å². The Bertz CT molecular complexity index is 929. The first-order valence-electron chi connectivity index (χ1n) is 8.08. The van der Waals surface area contributed by atoms with E-state index in [4.69, 9.17) is 0 Å². The van der Waals surface area contributed by atoms with Crippen molar-refractivity contribution in [1.29, 1.82) is 0 Å². The van der Waals surface area contributed by atoms with E-state index in [1.165, 1.54) is 21.8 Å². The van der Waals surface area contributed by atoms with Gasteiger partial charge in [0.1, 0.15) is 0 Å². The van der Waals surface area contributed by atoms with Crippen molar-refractivity contribution in [3.8, 4) is 0 Å². The van der Waals surface area contributed by atoms with Gasteiger partial charge in [-0.05, 0) is 43.0 Å². The standard InChI is InChI=1S/C17H19N3O4S2/c1-26(23,24)20-13-7-3-2-6-12(13)19-16(21)10-18-17(22)15-9-11-5-4-8-14(11)25-15/h2-3,6-7,9,20H,4-5,8,10H2,1H3,(H,18,22)(H,19,21). The quantitative estimate of drug-likeness (QED) is 0.698. The molecular weight excluding hydrogens is 374 g/mol. The predicted molar refractivity (Wildman–Crippen MR) is 102 cm³/mol. The lowest BCUT2D eigenvalue weighted by molar-refractivity contribution is -0.115. The summed E-state index contributed by atoms with van der Waals surface area (Å²) in [5, 5.41) is 5.20. The first kappa shape index (κ1) is 18.4. The van der Waals surface area contributed by atoms with E-state index in [1.807, 2.05) is 6.07 Å². The summed E-state index contributed by atoms with van der Waals surface area (Å²) >= 11 is 1.47. The van der Waals surface area contributed by atoms with Crippen molar-refractivity contribution in [1.82, 2.24) is 5.32 Å². The molecule has 0 fully saturated rings. The van der Waals surface area contributed by atoms with Crippen LogP contribution in [0.5, 0.6) is 0 Å². The molecule has 0 aliphatic heterocycles. The van der Waals surface area contributed by atoms with Crippen LogP contribution in [0.2, 0.25) is 0 Å². The number of anilines is 2. The summed E-state index contributed by atoms with van der Waals surface area (Å²) in [6.07, 6.45) is 4.18. The van der Waals surface area contributed by atoms with Crippen molar-refractivity contribution >= 4 is 44.5 Å². The Morgan fingerprint density at radius 1 is 1.15 bits per heavy atom. The van der Waals surface area contributed by atoms with Gasteiger partial charge < -0.3 is 10.6 Å². The van der Waals surface area contributed by atoms with Crippen LogP contribution in [-0.4, -0.2) is 33.0 Å². The zero-order chi connectivity index (χ0) is 18.7. The van der Waals surface area contributed by atoms with Crippen LogP contribution >= 0.6 is 11.3 Å². The minimum atomic E-state index is -3.47. The molecule has 0 radical (unpaired) electrons. The molecule has 1 aromatic heterocycles. The van der Waals surface area contributed by atoms with Crippen LogP contribution in [0.15, 0.2) is 30.3 Å². The van der Waals surface area contributed by atoms with Crippen molar-refractivity contribution in [2.45, 2.75) is 19.3 Å². The van der Waals surface area contributed by atoms with E-state index in [-0.39, 0.29) is 18.1 Å². The number of para-hydroxylation sites is 2. The van der Waals surface area contributed by atoms with Crippen LogP contribution in [0.3, 0.4) is 0 Å². The fourth-order valence-corrected chi connectivity index (χ4v) is 4.51. The van der Waals surface area contributed by atoms with Crippen molar-refractivity contribution in [2.24, 2.45) is 0 Å². The molecule has 1 aliphatic rings. The monoisotopic (exact) mass is 393 g/mol. The summed E-state index contributed by atoms with van der Waals surface area (Å²) in [5.41, 5.74) is 1.82. The van der Waals surface area contributed by atoms with Gasteiger partial charge in [0, 0.05) is 4.88 Å². The zero-order valence-corrected chi connectivity index (χ0v) is 15.8. The van der Waals surface area contributed by atoms with Gasteiger partial charge in [0.2, 0.25) is 15.9 Å². The summed E-state index contributed by atoms with van der Waals surface area (Å²) < 4.78 is 25.1. The highest BCUT2D eigenvalue weighted by atomic mass is 32.2. The van der Waals surface area contributed by atoms with Crippen LogP contribution in [0.25, 0.3) is 0 Å². The molecule has 7 nitrogen and oxygen atoms in total. The summed E-state index contributed by atoms with van der Waals surface area (Å²) in [7, 11) is -3.47. The van der Waals surface area contributed by atoms with Crippen LogP contribution in [0.1, 0.15) is 26.5 Å². The number of thiophene rings is 1. The largest absolute Gasteiger partial charge is 0.342 e. The van der Waals surface area contributed by atoms with Gasteiger partial charge in [-0.15, -0.1) is 11.3 Å². The lowest BCUT2D eigenvalue weighted by atomic mass is 10.2. The molecule has 1 aromatic carbocycles. The average molecular weight is 393 g/mol. The van der Waals surface area contributed by atoms with Crippen LogP contribution in [-0.2, 0) is 27.7 Å². The van der Waals surface area contributed by atoms with Gasteiger partial charge in [0.15, 0.2) is 0 Å². The van der Waals surface area contributed by atoms with Gasteiger partial charge in [0.25, 0.3) is 5.91 Å². The highest BCUT2D eigenvalue weighted by Crippen LogP contribution is 2.30. The highest BCUT2D eigenvalue weighted by molar-refractivity contribution is 7.92. The number of benzene rings is 1. The number of aryl methyl sites for hydroxylation is 2. The molecule has 0 bridgehead atoms. The molecule has 138 valence electrons. The first-order chi connectivity index (χ1) is 12.3. The molecule has 26 heavy (non-hydrogen) atoms. The molecule has 1 heterocycles. The van der Waals surface area contributed by atoms with Crippen molar-refractivity contribution in [3.63, 3.8) is 0 Å². The first-order valence-corrected chi connectivity index (χ1v) is 10.8. The predicted octanol–water partition coefficient (Wildman–Crippen LogP) is 1.98. The second-order valence-electron chi connectivity index (χ2n) is 6.06. The lowest BCUT2D eigenvalue weighted by Crippen LogP contribution is -2.32. The molecule has 2 aromatic rings. The van der Waals surface area contributed by atoms with E-state index in [0.29, 0.717) is 10.6 Å². The second kappa shape index (κ2) is 7.46. The SMILES string of the molecule is CS(=O)(=O)Nc1ccccc1NC(=O)CNC(=O)c1cc2c(s1)CCC2. The number of carbonyl (C=O) groups is 2. The normalized spacial score (nSPS) is 13.1. The lowest BCUT2D eigenvalue weighted by Gasteiger charge is -2.12. The van der Waals surface area contributed by atoms with Crippen LogP contribution in [0.4, 0.5) is 11.4 Å². The number of nitrogens with one attached hydrogen (secondary N) is 3. The average Bonchev–Trinajstić information content (AvgIpc) is 3.15. The molecule has 0 spiro atoms. The number of carbonyl (C=O) groups excluding carboxylic acids is 2. The van der Waals surface area contributed by atoms with Gasteiger partial charge in [0.05, 0.1) is 29.1 Å². The van der Waals surface area contributed by atoms with E-state index in [1.54, 1.807) is 24.3 Å². The molecule has 0 atom stereocenters. The maximum absolute atomic E-state index is 12.2. The summed E-state index contributed by atoms with van der Waals surface area (Å²) in [6.45, 7) is -0.200. The number of hydrogen-bond donors (Lipinski definition) is 3. The highest BCUT2D eigenvalue weighted by Gasteiger charge is 2.19. The minimum absolute atomic E-state index is 0.200. The number of amides is 2. The second-order valence-corrected chi connectivity index (χ2v) is 8.95.